The SMILES string of the molecule is COc1cc(/C=N/Nc2ccc([N+](=O)[O-])cc2S(=O)(=O)Nc2ccccc2Cl)cc(OC)c1O. The number of anilines is 2. The Balaban J connectivity index is 1.96. The van der Waals surface area contributed by atoms with Crippen molar-refractivity contribution in [3.63, 3.8) is 0 Å². The zero-order chi connectivity index (χ0) is 24.9. The van der Waals surface area contributed by atoms with E-state index >= 15 is 0 Å². The summed E-state index contributed by atoms with van der Waals surface area (Å²) >= 11 is 6.04. The number of hydrazone groups is 1. The fourth-order valence-corrected chi connectivity index (χ4v) is 4.34. The molecule has 0 fully saturated rings. The Morgan fingerprint density at radius 3 is 2.29 bits per heavy atom. The summed E-state index contributed by atoms with van der Waals surface area (Å²) in [6, 6.07) is 12.4. The van der Waals surface area contributed by atoms with Crippen LogP contribution in [0.3, 0.4) is 0 Å². The van der Waals surface area contributed by atoms with Gasteiger partial charge in [-0.05, 0) is 30.3 Å². The molecule has 0 saturated heterocycles. The Bertz CT molecular complexity index is 1340. The highest BCUT2D eigenvalue weighted by atomic mass is 35.5. The first-order valence-electron chi connectivity index (χ1n) is 9.46. The molecule has 0 atom stereocenters. The van der Waals surface area contributed by atoms with Crippen molar-refractivity contribution in [2.24, 2.45) is 5.10 Å². The summed E-state index contributed by atoms with van der Waals surface area (Å²) in [4.78, 5) is 10.1. The molecule has 0 heterocycles. The van der Waals surface area contributed by atoms with E-state index in [0.717, 1.165) is 12.1 Å². The molecule has 11 nitrogen and oxygen atoms in total. The van der Waals surface area contributed by atoms with Crippen LogP contribution in [-0.4, -0.2) is 38.9 Å². The summed E-state index contributed by atoms with van der Waals surface area (Å²) in [5.41, 5.74) is 2.68. The minimum atomic E-state index is -4.29. The number of nitrogens with one attached hydrogen (secondary N) is 2. The average Bonchev–Trinajstić information content (AvgIpc) is 2.81. The first kappa shape index (κ1) is 24.6. The third kappa shape index (κ3) is 5.47. The molecule has 13 heteroatoms. The number of hydrogen-bond donors (Lipinski definition) is 3. The van der Waals surface area contributed by atoms with E-state index in [4.69, 9.17) is 21.1 Å². The molecule has 34 heavy (non-hydrogen) atoms. The zero-order valence-electron chi connectivity index (χ0n) is 17.9. The van der Waals surface area contributed by atoms with Gasteiger partial charge in [-0.2, -0.15) is 5.10 Å². The van der Waals surface area contributed by atoms with Crippen LogP contribution < -0.4 is 19.6 Å². The van der Waals surface area contributed by atoms with Crippen LogP contribution in [0.1, 0.15) is 5.56 Å². The van der Waals surface area contributed by atoms with Crippen molar-refractivity contribution >= 4 is 44.9 Å². The van der Waals surface area contributed by atoms with Crippen LogP contribution in [0.5, 0.6) is 17.2 Å². The number of aromatic hydroxyl groups is 1. The monoisotopic (exact) mass is 506 g/mol. The molecule has 0 radical (unpaired) electrons. The average molecular weight is 507 g/mol. The first-order valence-corrected chi connectivity index (χ1v) is 11.3. The Morgan fingerprint density at radius 2 is 1.71 bits per heavy atom. The van der Waals surface area contributed by atoms with Crippen LogP contribution in [-0.2, 0) is 10.0 Å². The number of hydrogen-bond acceptors (Lipinski definition) is 9. The summed E-state index contributed by atoms with van der Waals surface area (Å²) in [7, 11) is -1.56. The summed E-state index contributed by atoms with van der Waals surface area (Å²) in [5.74, 6) is 0.0937. The Hall–Kier alpha value is -4.03. The molecule has 0 aromatic heterocycles. The van der Waals surface area contributed by atoms with Crippen molar-refractivity contribution in [3.8, 4) is 17.2 Å². The number of ether oxygens (including phenoxy) is 2. The van der Waals surface area contributed by atoms with Gasteiger partial charge in [-0.15, -0.1) is 0 Å². The second kappa shape index (κ2) is 10.3. The maximum absolute atomic E-state index is 13.0. The lowest BCUT2D eigenvalue weighted by atomic mass is 10.2. The first-order chi connectivity index (χ1) is 16.2. The predicted octanol–water partition coefficient (Wildman–Crippen LogP) is 4.22. The second-order valence-corrected chi connectivity index (χ2v) is 8.72. The van der Waals surface area contributed by atoms with Crippen LogP contribution in [0.2, 0.25) is 5.02 Å². The van der Waals surface area contributed by atoms with Crippen molar-refractivity contribution < 1.29 is 27.9 Å². The lowest BCUT2D eigenvalue weighted by Gasteiger charge is -2.13. The van der Waals surface area contributed by atoms with Crippen LogP contribution in [0, 0.1) is 10.1 Å². The molecule has 3 aromatic rings. The Morgan fingerprint density at radius 1 is 1.06 bits per heavy atom. The van der Waals surface area contributed by atoms with E-state index in [9.17, 15) is 23.6 Å². The van der Waals surface area contributed by atoms with Crippen molar-refractivity contribution in [2.75, 3.05) is 24.4 Å². The number of nitrogens with zero attached hydrogens (tertiary/aromatic N) is 2. The van der Waals surface area contributed by atoms with Gasteiger partial charge in [-0.1, -0.05) is 23.7 Å². The molecule has 0 bridgehead atoms. The van der Waals surface area contributed by atoms with E-state index in [0.29, 0.717) is 5.56 Å². The summed E-state index contributed by atoms with van der Waals surface area (Å²) in [5, 5.41) is 25.4. The minimum absolute atomic E-state index is 0.0286. The lowest BCUT2D eigenvalue weighted by Crippen LogP contribution is -2.15. The molecule has 0 aliphatic heterocycles. The van der Waals surface area contributed by atoms with Gasteiger partial charge in [0.2, 0.25) is 5.75 Å². The number of methoxy groups -OCH3 is 2. The van der Waals surface area contributed by atoms with Gasteiger partial charge in [0.05, 0.1) is 41.8 Å². The van der Waals surface area contributed by atoms with E-state index in [1.54, 1.807) is 12.1 Å². The van der Waals surface area contributed by atoms with Crippen LogP contribution >= 0.6 is 11.6 Å². The smallest absolute Gasteiger partial charge is 0.270 e. The van der Waals surface area contributed by atoms with Crippen LogP contribution in [0.15, 0.2) is 64.6 Å². The summed E-state index contributed by atoms with van der Waals surface area (Å²) in [6.07, 6.45) is 1.32. The van der Waals surface area contributed by atoms with Crippen molar-refractivity contribution in [1.29, 1.82) is 0 Å². The molecule has 178 valence electrons. The molecular formula is C21H19ClN4O7S. The number of para-hydroxylation sites is 1. The standard InChI is InChI=1S/C21H19ClN4O7S/c1-32-18-9-13(10-19(33-2)21(18)27)12-23-24-17-8-7-14(26(28)29)11-20(17)34(30,31)25-16-6-4-3-5-15(16)22/h3-12,24-25,27H,1-2H3/b23-12+. The largest absolute Gasteiger partial charge is 0.502 e. The number of benzene rings is 3. The molecule has 0 aliphatic rings. The number of rotatable bonds is 9. The van der Waals surface area contributed by atoms with E-state index in [2.05, 4.69) is 15.2 Å². The fourth-order valence-electron chi connectivity index (χ4n) is 2.85. The van der Waals surface area contributed by atoms with Gasteiger partial charge in [0.25, 0.3) is 15.7 Å². The molecule has 3 N–H and O–H groups in total. The number of halogens is 1. The Labute approximate surface area is 199 Å². The molecule has 0 unspecified atom stereocenters. The number of non-ortho nitro benzene ring substituents is 1. The molecule has 0 amide bonds. The number of phenols is 1. The Kier molecular flexibility index (Phi) is 7.44. The molecule has 0 spiro atoms. The van der Waals surface area contributed by atoms with Gasteiger partial charge < -0.3 is 14.6 Å². The van der Waals surface area contributed by atoms with Crippen LogP contribution in [0.25, 0.3) is 0 Å². The highest BCUT2D eigenvalue weighted by molar-refractivity contribution is 7.93. The minimum Gasteiger partial charge on any atom is -0.502 e. The quantitative estimate of drug-likeness (QED) is 0.221. The maximum Gasteiger partial charge on any atom is 0.270 e. The summed E-state index contributed by atoms with van der Waals surface area (Å²) < 4.78 is 38.6. The van der Waals surface area contributed by atoms with Crippen LogP contribution in [0.4, 0.5) is 17.1 Å². The summed E-state index contributed by atoms with van der Waals surface area (Å²) in [6.45, 7) is 0. The number of phenolic OH excluding ortho intramolecular Hbond substituents is 1. The van der Waals surface area contributed by atoms with E-state index in [1.165, 1.54) is 50.8 Å². The van der Waals surface area contributed by atoms with Crippen molar-refractivity contribution in [1.82, 2.24) is 0 Å². The van der Waals surface area contributed by atoms with Gasteiger partial charge in [-0.25, -0.2) is 8.42 Å². The number of sulfonamides is 1. The molecule has 3 rings (SSSR count). The van der Waals surface area contributed by atoms with Gasteiger partial charge in [0.1, 0.15) is 4.90 Å². The third-order valence-corrected chi connectivity index (χ3v) is 6.22. The fraction of sp³-hybridized carbons (Fsp3) is 0.0952. The van der Waals surface area contributed by atoms with Gasteiger partial charge in [-0.3, -0.25) is 20.3 Å². The highest BCUT2D eigenvalue weighted by Gasteiger charge is 2.23. The van der Waals surface area contributed by atoms with E-state index in [-0.39, 0.29) is 33.6 Å². The number of nitro benzene ring substituents is 1. The molecular weight excluding hydrogens is 488 g/mol. The van der Waals surface area contributed by atoms with Crippen molar-refractivity contribution in [2.45, 2.75) is 4.90 Å². The van der Waals surface area contributed by atoms with E-state index in [1.807, 2.05) is 0 Å². The second-order valence-electron chi connectivity index (χ2n) is 6.67. The predicted molar refractivity (Wildman–Crippen MR) is 128 cm³/mol. The van der Waals surface area contributed by atoms with Gasteiger partial charge in [0.15, 0.2) is 11.5 Å². The van der Waals surface area contributed by atoms with Gasteiger partial charge in [0, 0.05) is 17.7 Å². The third-order valence-electron chi connectivity index (χ3n) is 4.48. The topological polar surface area (TPSA) is 152 Å². The van der Waals surface area contributed by atoms with Crippen molar-refractivity contribution in [3.05, 3.63) is 75.3 Å². The molecule has 3 aromatic carbocycles. The molecule has 0 aliphatic carbocycles. The van der Waals surface area contributed by atoms with Gasteiger partial charge >= 0.3 is 0 Å². The normalized spacial score (nSPS) is 11.3. The number of nitro groups is 1. The lowest BCUT2D eigenvalue weighted by molar-refractivity contribution is -0.385. The highest BCUT2D eigenvalue weighted by Crippen LogP contribution is 2.36. The zero-order valence-corrected chi connectivity index (χ0v) is 19.4. The van der Waals surface area contributed by atoms with E-state index < -0.39 is 25.5 Å². The maximum atomic E-state index is 13.0. The molecule has 0 saturated carbocycles.